The summed E-state index contributed by atoms with van der Waals surface area (Å²) in [4.78, 5) is 13.3. The maximum Gasteiger partial charge on any atom is 0.317 e. The van der Waals surface area contributed by atoms with Gasteiger partial charge in [-0.05, 0) is 33.6 Å². The zero-order valence-electron chi connectivity index (χ0n) is 11.2. The van der Waals surface area contributed by atoms with Gasteiger partial charge < -0.3 is 20.1 Å². The van der Waals surface area contributed by atoms with Crippen LogP contribution in [0.2, 0.25) is 0 Å². The molecule has 0 aromatic rings. The molecule has 1 aliphatic heterocycles. The van der Waals surface area contributed by atoms with E-state index in [-0.39, 0.29) is 18.2 Å². The number of hydrogen-bond acceptors (Lipinski definition) is 3. The molecule has 1 heterocycles. The molecule has 100 valence electrons. The zero-order chi connectivity index (χ0) is 13.1. The van der Waals surface area contributed by atoms with Crippen molar-refractivity contribution in [1.29, 1.82) is 0 Å². The molecule has 2 atom stereocenters. The van der Waals surface area contributed by atoms with Gasteiger partial charge in [-0.2, -0.15) is 0 Å². The second-order valence-electron chi connectivity index (χ2n) is 5.46. The monoisotopic (exact) mass is 244 g/mol. The largest absolute Gasteiger partial charge is 0.389 e. The smallest absolute Gasteiger partial charge is 0.317 e. The van der Waals surface area contributed by atoms with E-state index in [1.54, 1.807) is 20.9 Å². The summed E-state index contributed by atoms with van der Waals surface area (Å²) in [5.41, 5.74) is -0.876. The summed E-state index contributed by atoms with van der Waals surface area (Å²) in [7, 11) is 1.68. The molecule has 0 bridgehead atoms. The predicted octanol–water partition coefficient (Wildman–Crippen LogP) is 0.966. The molecule has 5 heteroatoms. The fraction of sp³-hybridized carbons (Fsp3) is 0.917. The highest BCUT2D eigenvalue weighted by molar-refractivity contribution is 5.74. The minimum atomic E-state index is -0.876. The number of urea groups is 1. The van der Waals surface area contributed by atoms with E-state index in [1.807, 2.05) is 6.92 Å². The molecule has 0 saturated carbocycles. The van der Waals surface area contributed by atoms with Crippen LogP contribution >= 0.6 is 0 Å². The van der Waals surface area contributed by atoms with Crippen LogP contribution in [0.15, 0.2) is 0 Å². The lowest BCUT2D eigenvalue weighted by molar-refractivity contribution is 0.0498. The van der Waals surface area contributed by atoms with Crippen molar-refractivity contribution in [2.24, 2.45) is 0 Å². The number of carbonyl (C=O) groups is 1. The number of aliphatic hydroxyl groups is 1. The molecule has 0 radical (unpaired) electrons. The van der Waals surface area contributed by atoms with E-state index in [1.165, 1.54) is 4.90 Å². The summed E-state index contributed by atoms with van der Waals surface area (Å²) in [6.07, 6.45) is 2.18. The van der Waals surface area contributed by atoms with E-state index in [4.69, 9.17) is 4.74 Å². The van der Waals surface area contributed by atoms with Crippen LogP contribution in [0.3, 0.4) is 0 Å². The van der Waals surface area contributed by atoms with E-state index in [0.29, 0.717) is 6.54 Å². The quantitative estimate of drug-likeness (QED) is 0.774. The fourth-order valence-electron chi connectivity index (χ4n) is 2.05. The first-order valence-corrected chi connectivity index (χ1v) is 6.15. The summed E-state index contributed by atoms with van der Waals surface area (Å²) < 4.78 is 5.51. The fourth-order valence-corrected chi connectivity index (χ4v) is 2.05. The van der Waals surface area contributed by atoms with Crippen molar-refractivity contribution in [2.45, 2.75) is 51.4 Å². The zero-order valence-corrected chi connectivity index (χ0v) is 11.2. The standard InChI is InChI=1S/C12H24N2O3/c1-9(10-6-5-7-17-10)13-11(15)14(4)8-12(2,3)16/h9-10,16H,5-8H2,1-4H3,(H,13,15). The summed E-state index contributed by atoms with van der Waals surface area (Å²) in [6.45, 7) is 6.40. The third-order valence-electron chi connectivity index (χ3n) is 2.84. The Kier molecular flexibility index (Phi) is 4.77. The summed E-state index contributed by atoms with van der Waals surface area (Å²) in [6, 6.07) is -0.163. The number of likely N-dealkylation sites (N-methyl/N-ethyl adjacent to an activating group) is 1. The normalized spacial score (nSPS) is 22.3. The van der Waals surface area contributed by atoms with E-state index in [2.05, 4.69) is 5.32 Å². The van der Waals surface area contributed by atoms with Crippen molar-refractivity contribution in [2.75, 3.05) is 20.2 Å². The average molecular weight is 244 g/mol. The highest BCUT2D eigenvalue weighted by Gasteiger charge is 2.26. The Morgan fingerprint density at radius 3 is 2.76 bits per heavy atom. The molecule has 2 N–H and O–H groups in total. The molecule has 0 spiro atoms. The molecule has 2 amide bonds. The number of nitrogens with one attached hydrogen (secondary N) is 1. The van der Waals surface area contributed by atoms with Crippen LogP contribution in [0.5, 0.6) is 0 Å². The molecular weight excluding hydrogens is 220 g/mol. The van der Waals surface area contributed by atoms with Crippen LogP contribution in [0.1, 0.15) is 33.6 Å². The third-order valence-corrected chi connectivity index (χ3v) is 2.84. The Morgan fingerprint density at radius 1 is 1.65 bits per heavy atom. The Balaban J connectivity index is 2.37. The van der Waals surface area contributed by atoms with Gasteiger partial charge in [-0.1, -0.05) is 0 Å². The van der Waals surface area contributed by atoms with E-state index in [0.717, 1.165) is 19.4 Å². The maximum atomic E-state index is 11.8. The van der Waals surface area contributed by atoms with E-state index >= 15 is 0 Å². The SMILES string of the molecule is CC(NC(=O)N(C)CC(C)(C)O)C1CCCO1. The van der Waals surface area contributed by atoms with Gasteiger partial charge in [0.2, 0.25) is 0 Å². The van der Waals surface area contributed by atoms with Gasteiger partial charge in [-0.15, -0.1) is 0 Å². The molecule has 0 aromatic heterocycles. The second kappa shape index (κ2) is 5.69. The summed E-state index contributed by atoms with van der Waals surface area (Å²) >= 11 is 0. The highest BCUT2D eigenvalue weighted by atomic mass is 16.5. The van der Waals surface area contributed by atoms with Crippen LogP contribution in [0.25, 0.3) is 0 Å². The van der Waals surface area contributed by atoms with Crippen LogP contribution in [0, 0.1) is 0 Å². The van der Waals surface area contributed by atoms with Gasteiger partial charge in [0.1, 0.15) is 0 Å². The molecule has 17 heavy (non-hydrogen) atoms. The van der Waals surface area contributed by atoms with Gasteiger partial charge in [0.15, 0.2) is 0 Å². The Hall–Kier alpha value is -0.810. The van der Waals surface area contributed by atoms with Crippen molar-refractivity contribution in [3.8, 4) is 0 Å². The lowest BCUT2D eigenvalue weighted by Gasteiger charge is -2.28. The van der Waals surface area contributed by atoms with Crippen molar-refractivity contribution in [3.63, 3.8) is 0 Å². The molecule has 1 saturated heterocycles. The summed E-state index contributed by atoms with van der Waals surface area (Å²) in [5.74, 6) is 0. The van der Waals surface area contributed by atoms with E-state index < -0.39 is 5.60 Å². The lowest BCUT2D eigenvalue weighted by Crippen LogP contribution is -2.49. The van der Waals surface area contributed by atoms with Crippen LogP contribution in [-0.2, 0) is 4.74 Å². The highest BCUT2D eigenvalue weighted by Crippen LogP contribution is 2.15. The average Bonchev–Trinajstić information content (AvgIpc) is 2.67. The van der Waals surface area contributed by atoms with Crippen molar-refractivity contribution >= 4 is 6.03 Å². The van der Waals surface area contributed by atoms with Crippen LogP contribution in [-0.4, -0.2) is 54.0 Å². The molecule has 1 aliphatic rings. The van der Waals surface area contributed by atoms with Crippen LogP contribution < -0.4 is 5.32 Å². The number of amides is 2. The van der Waals surface area contributed by atoms with Gasteiger partial charge in [-0.3, -0.25) is 0 Å². The number of hydrogen-bond donors (Lipinski definition) is 2. The number of carbonyl (C=O) groups excluding carboxylic acids is 1. The van der Waals surface area contributed by atoms with Crippen molar-refractivity contribution < 1.29 is 14.6 Å². The Morgan fingerprint density at radius 2 is 2.29 bits per heavy atom. The van der Waals surface area contributed by atoms with E-state index in [9.17, 15) is 9.90 Å². The van der Waals surface area contributed by atoms with Crippen LogP contribution in [0.4, 0.5) is 4.79 Å². The lowest BCUT2D eigenvalue weighted by atomic mass is 10.1. The summed E-state index contributed by atoms with van der Waals surface area (Å²) in [5, 5.41) is 12.5. The topological polar surface area (TPSA) is 61.8 Å². The van der Waals surface area contributed by atoms with Crippen molar-refractivity contribution in [3.05, 3.63) is 0 Å². The van der Waals surface area contributed by atoms with Gasteiger partial charge in [0.05, 0.1) is 24.3 Å². The Bertz CT molecular complexity index is 257. The molecule has 5 nitrogen and oxygen atoms in total. The van der Waals surface area contributed by atoms with Gasteiger partial charge in [0, 0.05) is 13.7 Å². The van der Waals surface area contributed by atoms with Gasteiger partial charge in [0.25, 0.3) is 0 Å². The maximum absolute atomic E-state index is 11.8. The molecule has 1 fully saturated rings. The number of nitrogens with zero attached hydrogens (tertiary/aromatic N) is 1. The Labute approximate surface area is 103 Å². The van der Waals surface area contributed by atoms with Gasteiger partial charge >= 0.3 is 6.03 Å². The first kappa shape index (κ1) is 14.3. The predicted molar refractivity (Wildman–Crippen MR) is 65.9 cm³/mol. The number of rotatable bonds is 4. The first-order chi connectivity index (χ1) is 7.79. The molecule has 1 rings (SSSR count). The first-order valence-electron chi connectivity index (χ1n) is 6.15. The minimum Gasteiger partial charge on any atom is -0.389 e. The molecule has 0 aliphatic carbocycles. The molecular formula is C12H24N2O3. The van der Waals surface area contributed by atoms with Crippen molar-refractivity contribution in [1.82, 2.24) is 10.2 Å². The molecule has 0 aromatic carbocycles. The second-order valence-corrected chi connectivity index (χ2v) is 5.46. The third kappa shape index (κ3) is 4.91. The van der Waals surface area contributed by atoms with Gasteiger partial charge in [-0.25, -0.2) is 4.79 Å². The molecule has 2 unspecified atom stereocenters. The number of ether oxygens (including phenoxy) is 1. The minimum absolute atomic E-state index is 0.00857.